The van der Waals surface area contributed by atoms with E-state index in [4.69, 9.17) is 5.73 Å². The molecule has 0 aliphatic carbocycles. The number of hydrogen-bond acceptors (Lipinski definition) is 3. The molecule has 3 N–H and O–H groups in total. The molecule has 18 heavy (non-hydrogen) atoms. The van der Waals surface area contributed by atoms with Crippen LogP contribution in [0.1, 0.15) is 16.1 Å². The SMILES string of the molecule is Cc1cc(F)ccc1NC(=O)c1ccc(N)cn1. The number of amides is 1. The Kier molecular flexibility index (Phi) is 3.23. The fraction of sp³-hybridized carbons (Fsp3) is 0.0769. The molecular weight excluding hydrogens is 233 g/mol. The molecule has 1 aromatic heterocycles. The molecule has 5 heteroatoms. The second-order valence-corrected chi connectivity index (χ2v) is 3.89. The molecule has 0 radical (unpaired) electrons. The third kappa shape index (κ3) is 2.63. The molecule has 1 aromatic carbocycles. The molecule has 0 atom stereocenters. The zero-order valence-electron chi connectivity index (χ0n) is 9.77. The van der Waals surface area contributed by atoms with Crippen molar-refractivity contribution in [3.63, 3.8) is 0 Å². The minimum absolute atomic E-state index is 0.257. The Morgan fingerprint density at radius 3 is 2.72 bits per heavy atom. The van der Waals surface area contributed by atoms with Gasteiger partial charge in [-0.1, -0.05) is 0 Å². The van der Waals surface area contributed by atoms with Crippen LogP contribution in [0, 0.1) is 12.7 Å². The molecule has 0 saturated carbocycles. The van der Waals surface area contributed by atoms with E-state index in [9.17, 15) is 9.18 Å². The lowest BCUT2D eigenvalue weighted by atomic mass is 10.2. The molecule has 0 saturated heterocycles. The van der Waals surface area contributed by atoms with Crippen molar-refractivity contribution in [2.45, 2.75) is 6.92 Å². The van der Waals surface area contributed by atoms with E-state index in [0.717, 1.165) is 0 Å². The number of nitrogens with one attached hydrogen (secondary N) is 1. The monoisotopic (exact) mass is 245 g/mol. The smallest absolute Gasteiger partial charge is 0.274 e. The fourth-order valence-corrected chi connectivity index (χ4v) is 1.49. The van der Waals surface area contributed by atoms with Gasteiger partial charge in [0.1, 0.15) is 11.5 Å². The molecule has 0 unspecified atom stereocenters. The van der Waals surface area contributed by atoms with Crippen molar-refractivity contribution >= 4 is 17.3 Å². The van der Waals surface area contributed by atoms with Crippen LogP contribution in [0.2, 0.25) is 0 Å². The molecule has 0 bridgehead atoms. The van der Waals surface area contributed by atoms with Crippen LogP contribution in [0.25, 0.3) is 0 Å². The van der Waals surface area contributed by atoms with Gasteiger partial charge < -0.3 is 11.1 Å². The zero-order valence-corrected chi connectivity index (χ0v) is 9.77. The average Bonchev–Trinajstić information content (AvgIpc) is 2.33. The summed E-state index contributed by atoms with van der Waals surface area (Å²) in [5, 5.41) is 2.66. The van der Waals surface area contributed by atoms with Crippen molar-refractivity contribution in [2.75, 3.05) is 11.1 Å². The number of anilines is 2. The van der Waals surface area contributed by atoms with Crippen LogP contribution in [0.4, 0.5) is 15.8 Å². The van der Waals surface area contributed by atoms with Crippen molar-refractivity contribution in [2.24, 2.45) is 0 Å². The second kappa shape index (κ2) is 4.83. The summed E-state index contributed by atoms with van der Waals surface area (Å²) in [4.78, 5) is 15.8. The van der Waals surface area contributed by atoms with Crippen LogP contribution < -0.4 is 11.1 Å². The molecule has 0 aliphatic rings. The molecule has 92 valence electrons. The topological polar surface area (TPSA) is 68.0 Å². The first-order valence-corrected chi connectivity index (χ1v) is 5.35. The highest BCUT2D eigenvalue weighted by atomic mass is 19.1. The number of halogens is 1. The number of hydrogen-bond donors (Lipinski definition) is 2. The summed E-state index contributed by atoms with van der Waals surface area (Å²) in [5.41, 5.74) is 7.44. The van der Waals surface area contributed by atoms with E-state index >= 15 is 0 Å². The first-order chi connectivity index (χ1) is 8.56. The summed E-state index contributed by atoms with van der Waals surface area (Å²) in [6.45, 7) is 1.72. The maximum absolute atomic E-state index is 12.9. The molecule has 0 fully saturated rings. The number of rotatable bonds is 2. The lowest BCUT2D eigenvalue weighted by Gasteiger charge is -2.07. The zero-order chi connectivity index (χ0) is 13.1. The van der Waals surface area contributed by atoms with Crippen LogP contribution in [0.3, 0.4) is 0 Å². The minimum Gasteiger partial charge on any atom is -0.397 e. The van der Waals surface area contributed by atoms with Crippen molar-refractivity contribution in [3.05, 3.63) is 53.6 Å². The fourth-order valence-electron chi connectivity index (χ4n) is 1.49. The normalized spacial score (nSPS) is 10.1. The number of nitrogen functional groups attached to an aromatic ring is 1. The summed E-state index contributed by atoms with van der Waals surface area (Å²) in [6, 6.07) is 7.29. The highest BCUT2D eigenvalue weighted by molar-refractivity contribution is 6.03. The third-order valence-corrected chi connectivity index (χ3v) is 2.46. The number of carbonyl (C=O) groups is 1. The van der Waals surface area contributed by atoms with Gasteiger partial charge in [0.15, 0.2) is 0 Å². The van der Waals surface area contributed by atoms with Gasteiger partial charge in [0.25, 0.3) is 5.91 Å². The highest BCUT2D eigenvalue weighted by Crippen LogP contribution is 2.16. The van der Waals surface area contributed by atoms with E-state index < -0.39 is 0 Å². The summed E-state index contributed by atoms with van der Waals surface area (Å²) >= 11 is 0. The maximum atomic E-state index is 12.9. The molecule has 4 nitrogen and oxygen atoms in total. The Labute approximate surface area is 104 Å². The number of carbonyl (C=O) groups excluding carboxylic acids is 1. The van der Waals surface area contributed by atoms with Crippen molar-refractivity contribution < 1.29 is 9.18 Å². The number of nitrogens with two attached hydrogens (primary N) is 1. The lowest BCUT2D eigenvalue weighted by Crippen LogP contribution is -2.14. The highest BCUT2D eigenvalue weighted by Gasteiger charge is 2.09. The van der Waals surface area contributed by atoms with Gasteiger partial charge >= 0.3 is 0 Å². The molecule has 2 aromatic rings. The summed E-state index contributed by atoms with van der Waals surface area (Å²) in [5.74, 6) is -0.694. The number of aryl methyl sites for hydroxylation is 1. The largest absolute Gasteiger partial charge is 0.397 e. The number of benzene rings is 1. The Bertz CT molecular complexity index is 581. The van der Waals surface area contributed by atoms with Gasteiger partial charge in [-0.3, -0.25) is 4.79 Å². The predicted molar refractivity (Wildman–Crippen MR) is 67.7 cm³/mol. The van der Waals surface area contributed by atoms with Gasteiger partial charge in [-0.25, -0.2) is 9.37 Å². The molecule has 2 rings (SSSR count). The van der Waals surface area contributed by atoms with E-state index in [0.29, 0.717) is 16.9 Å². The number of nitrogens with zero attached hydrogens (tertiary/aromatic N) is 1. The van der Waals surface area contributed by atoms with Gasteiger partial charge in [-0.2, -0.15) is 0 Å². The van der Waals surface area contributed by atoms with E-state index in [1.807, 2.05) is 0 Å². The third-order valence-electron chi connectivity index (χ3n) is 2.46. The number of pyridine rings is 1. The molecule has 1 amide bonds. The van der Waals surface area contributed by atoms with Crippen LogP contribution >= 0.6 is 0 Å². The summed E-state index contributed by atoms with van der Waals surface area (Å²) in [7, 11) is 0. The quantitative estimate of drug-likeness (QED) is 0.853. The molecular formula is C13H12FN3O. The Morgan fingerprint density at radius 1 is 1.33 bits per heavy atom. The van der Waals surface area contributed by atoms with Gasteiger partial charge in [0.05, 0.1) is 11.9 Å². The van der Waals surface area contributed by atoms with Crippen molar-refractivity contribution in [3.8, 4) is 0 Å². The standard InChI is InChI=1S/C13H12FN3O/c1-8-6-9(14)2-4-11(8)17-13(18)12-5-3-10(15)7-16-12/h2-7H,15H2,1H3,(H,17,18). The first-order valence-electron chi connectivity index (χ1n) is 5.35. The van der Waals surface area contributed by atoms with E-state index in [1.54, 1.807) is 13.0 Å². The first kappa shape index (κ1) is 12.0. The van der Waals surface area contributed by atoms with Gasteiger partial charge in [0, 0.05) is 5.69 Å². The van der Waals surface area contributed by atoms with Gasteiger partial charge in [-0.15, -0.1) is 0 Å². The molecule has 0 spiro atoms. The lowest BCUT2D eigenvalue weighted by molar-refractivity contribution is 0.102. The maximum Gasteiger partial charge on any atom is 0.274 e. The van der Waals surface area contributed by atoms with Crippen LogP contribution in [0.15, 0.2) is 36.5 Å². The Hall–Kier alpha value is -2.43. The van der Waals surface area contributed by atoms with Crippen molar-refractivity contribution in [1.82, 2.24) is 4.98 Å². The summed E-state index contributed by atoms with van der Waals surface area (Å²) in [6.07, 6.45) is 1.41. The van der Waals surface area contributed by atoms with Crippen LogP contribution in [-0.4, -0.2) is 10.9 Å². The average molecular weight is 245 g/mol. The molecule has 0 aliphatic heterocycles. The van der Waals surface area contributed by atoms with Crippen LogP contribution in [0.5, 0.6) is 0 Å². The van der Waals surface area contributed by atoms with E-state index in [1.165, 1.54) is 30.5 Å². The second-order valence-electron chi connectivity index (χ2n) is 3.89. The van der Waals surface area contributed by atoms with E-state index in [2.05, 4.69) is 10.3 Å². The van der Waals surface area contributed by atoms with Crippen molar-refractivity contribution in [1.29, 1.82) is 0 Å². The van der Waals surface area contributed by atoms with E-state index in [-0.39, 0.29) is 17.4 Å². The minimum atomic E-state index is -0.357. The Morgan fingerprint density at radius 2 is 2.11 bits per heavy atom. The van der Waals surface area contributed by atoms with Gasteiger partial charge in [0.2, 0.25) is 0 Å². The molecule has 1 heterocycles. The van der Waals surface area contributed by atoms with Gasteiger partial charge in [-0.05, 0) is 42.8 Å². The van der Waals surface area contributed by atoms with Crippen LogP contribution in [-0.2, 0) is 0 Å². The Balaban J connectivity index is 2.18. The number of aromatic nitrogens is 1. The predicted octanol–water partition coefficient (Wildman–Crippen LogP) is 2.36. The summed E-state index contributed by atoms with van der Waals surface area (Å²) < 4.78 is 12.9.